The standard InChI is InChI=1S/C13H10BClO2/c15-10-1-3-11(4-2-10)17-12-5-6-13-9(7-12)8-16-14-13/h1-7,14H,8H2. The van der Waals surface area contributed by atoms with E-state index < -0.39 is 0 Å². The predicted molar refractivity (Wildman–Crippen MR) is 69.5 cm³/mol. The zero-order chi connectivity index (χ0) is 11.7. The van der Waals surface area contributed by atoms with Crippen LogP contribution in [0.1, 0.15) is 5.56 Å². The molecule has 84 valence electrons. The summed E-state index contributed by atoms with van der Waals surface area (Å²) < 4.78 is 11.1. The van der Waals surface area contributed by atoms with Gasteiger partial charge in [-0.05, 0) is 47.4 Å². The Balaban J connectivity index is 1.83. The van der Waals surface area contributed by atoms with Crippen molar-refractivity contribution >= 4 is 24.5 Å². The third-order valence-electron chi connectivity index (χ3n) is 2.74. The second-order valence-electron chi connectivity index (χ2n) is 3.98. The van der Waals surface area contributed by atoms with Gasteiger partial charge in [-0.2, -0.15) is 0 Å². The van der Waals surface area contributed by atoms with Crippen LogP contribution < -0.4 is 10.2 Å². The van der Waals surface area contributed by atoms with Crippen molar-refractivity contribution in [2.45, 2.75) is 6.61 Å². The maximum absolute atomic E-state index is 5.82. The molecule has 2 nitrogen and oxygen atoms in total. The summed E-state index contributed by atoms with van der Waals surface area (Å²) in [6, 6.07) is 13.4. The molecule has 4 heteroatoms. The molecule has 1 heterocycles. The molecule has 17 heavy (non-hydrogen) atoms. The highest BCUT2D eigenvalue weighted by Gasteiger charge is 2.13. The number of benzene rings is 2. The molecule has 0 saturated carbocycles. The minimum absolute atomic E-state index is 0.674. The van der Waals surface area contributed by atoms with Gasteiger partial charge in [-0.3, -0.25) is 0 Å². The molecule has 2 aromatic rings. The Bertz CT molecular complexity index is 540. The molecule has 0 radical (unpaired) electrons. The van der Waals surface area contributed by atoms with E-state index in [1.165, 1.54) is 11.0 Å². The molecule has 0 spiro atoms. The highest BCUT2D eigenvalue weighted by molar-refractivity contribution is 6.48. The molecule has 0 N–H and O–H groups in total. The maximum atomic E-state index is 5.82. The number of hydrogen-bond acceptors (Lipinski definition) is 2. The van der Waals surface area contributed by atoms with E-state index in [-0.39, 0.29) is 0 Å². The van der Waals surface area contributed by atoms with Crippen LogP contribution in [-0.4, -0.2) is 7.48 Å². The van der Waals surface area contributed by atoms with Crippen molar-refractivity contribution in [3.05, 3.63) is 53.1 Å². The normalized spacial score (nSPS) is 13.0. The molecular formula is C13H10BClO2. The molecule has 2 aromatic carbocycles. The van der Waals surface area contributed by atoms with E-state index in [1.54, 1.807) is 0 Å². The average molecular weight is 244 g/mol. The Hall–Kier alpha value is -1.45. The number of halogens is 1. The zero-order valence-electron chi connectivity index (χ0n) is 9.15. The van der Waals surface area contributed by atoms with Crippen LogP contribution in [0.4, 0.5) is 0 Å². The summed E-state index contributed by atoms with van der Waals surface area (Å²) in [7, 11) is 0.705. The first-order chi connectivity index (χ1) is 8.31. The van der Waals surface area contributed by atoms with Crippen LogP contribution >= 0.6 is 11.6 Å². The van der Waals surface area contributed by atoms with Crippen molar-refractivity contribution in [3.8, 4) is 11.5 Å². The molecule has 0 aliphatic carbocycles. The first-order valence-corrected chi connectivity index (χ1v) is 5.82. The summed E-state index contributed by atoms with van der Waals surface area (Å²) >= 11 is 5.82. The fourth-order valence-electron chi connectivity index (χ4n) is 1.85. The molecule has 0 atom stereocenters. The van der Waals surface area contributed by atoms with Crippen LogP contribution in [0.2, 0.25) is 5.02 Å². The summed E-state index contributed by atoms with van der Waals surface area (Å²) in [5, 5.41) is 0.708. The van der Waals surface area contributed by atoms with Gasteiger partial charge in [-0.25, -0.2) is 0 Å². The van der Waals surface area contributed by atoms with Crippen molar-refractivity contribution in [2.75, 3.05) is 0 Å². The Morgan fingerprint density at radius 2 is 1.82 bits per heavy atom. The van der Waals surface area contributed by atoms with E-state index in [1.807, 2.05) is 42.5 Å². The van der Waals surface area contributed by atoms with E-state index in [0.717, 1.165) is 11.5 Å². The van der Waals surface area contributed by atoms with E-state index in [4.69, 9.17) is 21.0 Å². The smallest absolute Gasteiger partial charge is 0.309 e. The summed E-state index contributed by atoms with van der Waals surface area (Å²) in [6.45, 7) is 0.674. The van der Waals surface area contributed by atoms with Gasteiger partial charge in [0.25, 0.3) is 0 Å². The number of ether oxygens (including phenoxy) is 1. The second kappa shape index (κ2) is 4.44. The van der Waals surface area contributed by atoms with Crippen LogP contribution in [-0.2, 0) is 11.3 Å². The van der Waals surface area contributed by atoms with Crippen molar-refractivity contribution in [2.24, 2.45) is 0 Å². The topological polar surface area (TPSA) is 18.5 Å². The lowest BCUT2D eigenvalue weighted by Gasteiger charge is -2.07. The Labute approximate surface area is 105 Å². The Kier molecular flexibility index (Phi) is 2.79. The van der Waals surface area contributed by atoms with Gasteiger partial charge in [0.1, 0.15) is 11.5 Å². The van der Waals surface area contributed by atoms with Gasteiger partial charge in [0, 0.05) is 5.02 Å². The maximum Gasteiger partial charge on any atom is 0.309 e. The van der Waals surface area contributed by atoms with E-state index in [0.29, 0.717) is 19.1 Å². The van der Waals surface area contributed by atoms with Crippen LogP contribution in [0.15, 0.2) is 42.5 Å². The summed E-state index contributed by atoms with van der Waals surface area (Å²) in [5.74, 6) is 1.62. The second-order valence-corrected chi connectivity index (χ2v) is 4.42. The van der Waals surface area contributed by atoms with Gasteiger partial charge in [0.05, 0.1) is 6.61 Å². The lowest BCUT2D eigenvalue weighted by molar-refractivity contribution is 0.344. The van der Waals surface area contributed by atoms with Crippen LogP contribution in [0.5, 0.6) is 11.5 Å². The largest absolute Gasteiger partial charge is 0.457 e. The third kappa shape index (κ3) is 2.30. The lowest BCUT2D eigenvalue weighted by Crippen LogP contribution is -2.10. The first kappa shape index (κ1) is 10.7. The lowest BCUT2D eigenvalue weighted by atomic mass is 9.87. The number of hydrogen-bond donors (Lipinski definition) is 0. The molecule has 0 unspecified atom stereocenters. The minimum atomic E-state index is 0.674. The van der Waals surface area contributed by atoms with E-state index in [9.17, 15) is 0 Å². The highest BCUT2D eigenvalue weighted by Crippen LogP contribution is 2.24. The molecule has 0 saturated heterocycles. The van der Waals surface area contributed by atoms with Crippen LogP contribution in [0.25, 0.3) is 0 Å². The van der Waals surface area contributed by atoms with Crippen LogP contribution in [0.3, 0.4) is 0 Å². The summed E-state index contributed by atoms with van der Waals surface area (Å²) in [6.07, 6.45) is 0. The predicted octanol–water partition coefficient (Wildman–Crippen LogP) is 2.64. The molecule has 0 amide bonds. The van der Waals surface area contributed by atoms with Crippen molar-refractivity contribution in [1.29, 1.82) is 0 Å². The molecular weight excluding hydrogens is 234 g/mol. The number of rotatable bonds is 2. The fourth-order valence-corrected chi connectivity index (χ4v) is 1.98. The summed E-state index contributed by atoms with van der Waals surface area (Å²) in [4.78, 5) is 0. The Morgan fingerprint density at radius 3 is 2.65 bits per heavy atom. The van der Waals surface area contributed by atoms with Gasteiger partial charge in [-0.15, -0.1) is 0 Å². The molecule has 1 aliphatic rings. The molecule has 0 aromatic heterocycles. The van der Waals surface area contributed by atoms with Crippen molar-refractivity contribution < 1.29 is 9.39 Å². The third-order valence-corrected chi connectivity index (χ3v) is 2.99. The summed E-state index contributed by atoms with van der Waals surface area (Å²) in [5.41, 5.74) is 2.45. The van der Waals surface area contributed by atoms with Gasteiger partial charge in [0.15, 0.2) is 0 Å². The minimum Gasteiger partial charge on any atom is -0.457 e. The molecule has 0 bridgehead atoms. The van der Waals surface area contributed by atoms with Crippen molar-refractivity contribution in [1.82, 2.24) is 0 Å². The van der Waals surface area contributed by atoms with Crippen molar-refractivity contribution in [3.63, 3.8) is 0 Å². The molecule has 3 rings (SSSR count). The molecule has 0 fully saturated rings. The van der Waals surface area contributed by atoms with Gasteiger partial charge >= 0.3 is 7.48 Å². The van der Waals surface area contributed by atoms with Gasteiger partial charge in [-0.1, -0.05) is 17.7 Å². The first-order valence-electron chi connectivity index (χ1n) is 5.44. The van der Waals surface area contributed by atoms with Crippen LogP contribution in [0, 0.1) is 0 Å². The quantitative estimate of drug-likeness (QED) is 0.756. The zero-order valence-corrected chi connectivity index (χ0v) is 9.91. The monoisotopic (exact) mass is 244 g/mol. The Morgan fingerprint density at radius 1 is 1.06 bits per heavy atom. The van der Waals surface area contributed by atoms with E-state index in [2.05, 4.69) is 0 Å². The highest BCUT2D eigenvalue weighted by atomic mass is 35.5. The number of fused-ring (bicyclic) bond motifs is 1. The average Bonchev–Trinajstić information content (AvgIpc) is 2.79. The van der Waals surface area contributed by atoms with Gasteiger partial charge in [0.2, 0.25) is 0 Å². The SMILES string of the molecule is Clc1ccc(Oc2ccc3c(c2)COB3)cc1. The molecule has 1 aliphatic heterocycles. The fraction of sp³-hybridized carbons (Fsp3) is 0.0769. The van der Waals surface area contributed by atoms with E-state index >= 15 is 0 Å². The van der Waals surface area contributed by atoms with Gasteiger partial charge < -0.3 is 9.39 Å².